The molecule has 0 bridgehead atoms. The predicted molar refractivity (Wildman–Crippen MR) is 219 cm³/mol. The fourth-order valence-corrected chi connectivity index (χ4v) is 6.29. The Hall–Kier alpha value is -6.66. The van der Waals surface area contributed by atoms with Gasteiger partial charge in [-0.3, -0.25) is 0 Å². The quantitative estimate of drug-likeness (QED) is 0.0428. The van der Waals surface area contributed by atoms with Gasteiger partial charge in [-0.1, -0.05) is 141 Å². The first-order valence-corrected chi connectivity index (χ1v) is 18.2. The topological polar surface area (TPSA) is 71.1 Å². The molecule has 0 spiro atoms. The van der Waals surface area contributed by atoms with Crippen molar-refractivity contribution in [1.82, 2.24) is 0 Å². The highest BCUT2D eigenvalue weighted by atomic mass is 16.6. The van der Waals surface area contributed by atoms with Crippen LogP contribution < -0.4 is 9.47 Å². The van der Waals surface area contributed by atoms with Crippen LogP contribution in [0.1, 0.15) is 36.5 Å². The lowest BCUT2D eigenvalue weighted by Crippen LogP contribution is -2.13. The van der Waals surface area contributed by atoms with E-state index in [1.807, 2.05) is 66.7 Å². The lowest BCUT2D eigenvalue weighted by Gasteiger charge is -2.23. The molecule has 0 aliphatic carbocycles. The Morgan fingerprint density at radius 2 is 0.818 bits per heavy atom. The second-order valence-corrected chi connectivity index (χ2v) is 13.2. The molecular weight excluding hydrogens is 685 g/mol. The molecule has 0 heterocycles. The zero-order chi connectivity index (χ0) is 38.6. The Morgan fingerprint density at radius 3 is 1.22 bits per heavy atom. The van der Waals surface area contributed by atoms with Gasteiger partial charge in [-0.05, 0) is 77.1 Å². The largest absolute Gasteiger partial charge is 0.489 e. The molecule has 0 unspecified atom stereocenters. The first-order chi connectivity index (χ1) is 26.8. The summed E-state index contributed by atoms with van der Waals surface area (Å²) in [5.74, 6) is 0.300. The highest BCUT2D eigenvalue weighted by molar-refractivity contribution is 5.87. The highest BCUT2D eigenvalue weighted by Crippen LogP contribution is 2.41. The van der Waals surface area contributed by atoms with Crippen molar-refractivity contribution < 1.29 is 28.5 Å². The van der Waals surface area contributed by atoms with Crippen molar-refractivity contribution >= 4 is 11.9 Å². The van der Waals surface area contributed by atoms with Gasteiger partial charge in [0.15, 0.2) is 0 Å². The molecule has 0 atom stereocenters. The Morgan fingerprint density at radius 1 is 0.455 bits per heavy atom. The van der Waals surface area contributed by atoms with Crippen LogP contribution in [0.15, 0.2) is 176 Å². The summed E-state index contributed by atoms with van der Waals surface area (Å²) in [6, 6.07) is 51.8. The molecule has 55 heavy (non-hydrogen) atoms. The van der Waals surface area contributed by atoms with Gasteiger partial charge in [0.25, 0.3) is 0 Å². The number of carbonyl (C=O) groups is 2. The molecule has 0 aliphatic heterocycles. The van der Waals surface area contributed by atoms with Gasteiger partial charge in [0.2, 0.25) is 0 Å². The molecule has 0 radical (unpaired) electrons. The van der Waals surface area contributed by atoms with Crippen LogP contribution in [0.4, 0.5) is 0 Å². The molecule has 0 aromatic heterocycles. The number of hydrogen-bond acceptors (Lipinski definition) is 6. The first-order valence-electron chi connectivity index (χ1n) is 18.2. The van der Waals surface area contributed by atoms with E-state index in [9.17, 15) is 9.59 Å². The van der Waals surface area contributed by atoms with Crippen LogP contribution in [0.25, 0.3) is 33.4 Å². The van der Waals surface area contributed by atoms with E-state index < -0.39 is 11.9 Å². The van der Waals surface area contributed by atoms with Gasteiger partial charge < -0.3 is 18.9 Å². The molecule has 0 saturated heterocycles. The number of ether oxygens (including phenoxy) is 4. The van der Waals surface area contributed by atoms with Gasteiger partial charge in [0.05, 0.1) is 0 Å². The number of rotatable bonds is 16. The van der Waals surface area contributed by atoms with Crippen molar-refractivity contribution in [3.8, 4) is 44.9 Å². The maximum absolute atomic E-state index is 12.0. The third-order valence-electron chi connectivity index (χ3n) is 9.04. The number of esters is 2. The third kappa shape index (κ3) is 9.86. The molecule has 6 nitrogen and oxygen atoms in total. The average molecular weight is 729 g/mol. The molecule has 0 saturated carbocycles. The first kappa shape index (κ1) is 38.1. The number of benzene rings is 6. The number of hydrogen-bond donors (Lipinski definition) is 0. The second-order valence-electron chi connectivity index (χ2n) is 13.2. The third-order valence-corrected chi connectivity index (χ3v) is 9.04. The Labute approximate surface area is 323 Å². The van der Waals surface area contributed by atoms with Crippen LogP contribution >= 0.6 is 0 Å². The highest BCUT2D eigenvalue weighted by Gasteiger charge is 2.22. The zero-order valence-corrected chi connectivity index (χ0v) is 31.2. The smallest absolute Gasteiger partial charge is 0.333 e. The molecule has 0 amide bonds. The van der Waals surface area contributed by atoms with Crippen LogP contribution in [0.5, 0.6) is 11.5 Å². The SMILES string of the molecule is C=C(C)C(=O)OCCOc1ccc(C(c2ccc(-c3ccccc3)cc2)c2ccc(OCCOC(=O)C(=C)C)c(-c3ccccc3)c2)cc1-c1ccccc1. The van der Waals surface area contributed by atoms with Gasteiger partial charge in [-0.15, -0.1) is 0 Å². The minimum atomic E-state index is -0.444. The minimum Gasteiger partial charge on any atom is -0.489 e. The molecule has 6 rings (SSSR count). The molecule has 0 aliphatic rings. The van der Waals surface area contributed by atoms with Crippen LogP contribution in [0, 0.1) is 0 Å². The van der Waals surface area contributed by atoms with Gasteiger partial charge in [0, 0.05) is 28.2 Å². The minimum absolute atomic E-state index is 0.102. The Balaban J connectivity index is 1.42. The lowest BCUT2D eigenvalue weighted by atomic mass is 9.82. The van der Waals surface area contributed by atoms with E-state index in [0.717, 1.165) is 50.1 Å². The standard InChI is InChI=1S/C49H44O6/c1-34(2)48(50)54-30-28-52-45-26-24-41(32-43(45)38-16-10-6-11-17-38)47(40-22-20-37(21-23-40)36-14-8-5-9-15-36)42-25-27-46(53-29-31-55-49(51)35(3)4)44(33-42)39-18-12-7-13-19-39/h5-27,32-33,47H,1,3,28-31H2,2,4H3. The van der Waals surface area contributed by atoms with Crippen LogP contribution in [0.3, 0.4) is 0 Å². The van der Waals surface area contributed by atoms with Gasteiger partial charge >= 0.3 is 11.9 Å². The average Bonchev–Trinajstić information content (AvgIpc) is 3.22. The van der Waals surface area contributed by atoms with Crippen LogP contribution in [-0.2, 0) is 19.1 Å². The molecule has 6 aromatic rings. The van der Waals surface area contributed by atoms with E-state index >= 15 is 0 Å². The summed E-state index contributed by atoms with van der Waals surface area (Å²) in [5, 5.41) is 0. The van der Waals surface area contributed by atoms with Crippen molar-refractivity contribution in [1.29, 1.82) is 0 Å². The van der Waals surface area contributed by atoms with Crippen molar-refractivity contribution in [2.45, 2.75) is 19.8 Å². The summed E-state index contributed by atoms with van der Waals surface area (Å²) in [7, 11) is 0. The summed E-state index contributed by atoms with van der Waals surface area (Å²) in [5.41, 5.74) is 10.0. The Kier molecular flexibility index (Phi) is 12.7. The molecule has 6 heteroatoms. The maximum atomic E-state index is 12.0. The van der Waals surface area contributed by atoms with E-state index in [1.54, 1.807) is 13.8 Å². The number of carbonyl (C=O) groups excluding carboxylic acids is 2. The summed E-state index contributed by atoms with van der Waals surface area (Å²) in [6.07, 6.45) is 0. The van der Waals surface area contributed by atoms with Gasteiger partial charge in [-0.25, -0.2) is 9.59 Å². The normalized spacial score (nSPS) is 10.7. The van der Waals surface area contributed by atoms with Crippen molar-refractivity contribution in [2.75, 3.05) is 26.4 Å². The Bertz CT molecular complexity index is 2120. The molecule has 0 fully saturated rings. The van der Waals surface area contributed by atoms with E-state index in [1.165, 1.54) is 0 Å². The van der Waals surface area contributed by atoms with E-state index in [0.29, 0.717) is 22.6 Å². The van der Waals surface area contributed by atoms with Gasteiger partial charge in [0.1, 0.15) is 37.9 Å². The second kappa shape index (κ2) is 18.4. The fourth-order valence-electron chi connectivity index (χ4n) is 6.29. The summed E-state index contributed by atoms with van der Waals surface area (Å²) in [6.45, 7) is 11.1. The zero-order valence-electron chi connectivity index (χ0n) is 31.2. The molecular formula is C49H44O6. The molecule has 276 valence electrons. The molecule has 6 aromatic carbocycles. The van der Waals surface area contributed by atoms with Crippen molar-refractivity contribution in [3.63, 3.8) is 0 Å². The van der Waals surface area contributed by atoms with Crippen molar-refractivity contribution in [3.05, 3.63) is 193 Å². The van der Waals surface area contributed by atoms with E-state index in [4.69, 9.17) is 18.9 Å². The van der Waals surface area contributed by atoms with Gasteiger partial charge in [-0.2, -0.15) is 0 Å². The van der Waals surface area contributed by atoms with Crippen molar-refractivity contribution in [2.24, 2.45) is 0 Å². The van der Waals surface area contributed by atoms with Crippen LogP contribution in [0.2, 0.25) is 0 Å². The van der Waals surface area contributed by atoms with Crippen LogP contribution in [-0.4, -0.2) is 38.4 Å². The van der Waals surface area contributed by atoms with E-state index in [-0.39, 0.29) is 32.3 Å². The summed E-state index contributed by atoms with van der Waals surface area (Å²) < 4.78 is 23.1. The lowest BCUT2D eigenvalue weighted by molar-refractivity contribution is -0.140. The predicted octanol–water partition coefficient (Wildman–Crippen LogP) is 10.9. The summed E-state index contributed by atoms with van der Waals surface area (Å²) in [4.78, 5) is 24.0. The molecule has 0 N–H and O–H groups in total. The fraction of sp³-hybridized carbons (Fsp3) is 0.143. The monoisotopic (exact) mass is 728 g/mol. The maximum Gasteiger partial charge on any atom is 0.333 e. The summed E-state index contributed by atoms with van der Waals surface area (Å²) >= 11 is 0. The van der Waals surface area contributed by atoms with E-state index in [2.05, 4.69) is 98.1 Å².